The highest BCUT2D eigenvalue weighted by Gasteiger charge is 2.48. The number of carbonyl (C=O) groups is 2. The number of esters is 2. The summed E-state index contributed by atoms with van der Waals surface area (Å²) in [6.45, 7) is 0. The van der Waals surface area contributed by atoms with Crippen molar-refractivity contribution in [1.29, 1.82) is 0 Å². The molecule has 4 heteroatoms. The van der Waals surface area contributed by atoms with E-state index in [1.807, 2.05) is 0 Å². The molecule has 0 unspecified atom stereocenters. The van der Waals surface area contributed by atoms with Gasteiger partial charge in [0.25, 0.3) is 0 Å². The quantitative estimate of drug-likeness (QED) is 0.539. The van der Waals surface area contributed by atoms with Crippen molar-refractivity contribution in [1.82, 2.24) is 0 Å². The van der Waals surface area contributed by atoms with Crippen molar-refractivity contribution in [2.24, 2.45) is 23.7 Å². The third kappa shape index (κ3) is 1.81. The van der Waals surface area contributed by atoms with Crippen LogP contribution in [-0.4, -0.2) is 26.2 Å². The molecule has 0 aromatic heterocycles. The normalized spacial score (nSPS) is 31.8. The molecule has 0 aliphatic heterocycles. The lowest BCUT2D eigenvalue weighted by Crippen LogP contribution is -2.36. The van der Waals surface area contributed by atoms with E-state index in [9.17, 15) is 9.59 Å². The Morgan fingerprint density at radius 2 is 1.69 bits per heavy atom. The highest BCUT2D eigenvalue weighted by Crippen LogP contribution is 2.51. The summed E-state index contributed by atoms with van der Waals surface area (Å²) in [6, 6.07) is 0. The summed E-state index contributed by atoms with van der Waals surface area (Å²) >= 11 is 0. The second kappa shape index (κ2) is 4.44. The number of hydrogen-bond donors (Lipinski definition) is 0. The number of methoxy groups -OCH3 is 2. The minimum atomic E-state index is -0.703. The number of carbonyl (C=O) groups excluding carboxylic acids is 2. The molecule has 0 radical (unpaired) electrons. The SMILES string of the molecule is COC(=O)C(C(=O)OC)[C@H]1C[C@@H]2CC[C@H]1C2. The van der Waals surface area contributed by atoms with Crippen LogP contribution in [0.25, 0.3) is 0 Å². The first-order valence-corrected chi connectivity index (χ1v) is 5.83. The average molecular weight is 226 g/mol. The van der Waals surface area contributed by atoms with Crippen molar-refractivity contribution in [2.75, 3.05) is 14.2 Å². The van der Waals surface area contributed by atoms with Crippen LogP contribution in [0.3, 0.4) is 0 Å². The molecule has 0 spiro atoms. The molecule has 2 rings (SSSR count). The third-order valence-corrected chi connectivity index (χ3v) is 4.13. The summed E-state index contributed by atoms with van der Waals surface area (Å²) < 4.78 is 9.43. The molecule has 90 valence electrons. The van der Waals surface area contributed by atoms with Crippen LogP contribution < -0.4 is 0 Å². The van der Waals surface area contributed by atoms with Crippen LogP contribution in [0.2, 0.25) is 0 Å². The van der Waals surface area contributed by atoms with Gasteiger partial charge in [-0.2, -0.15) is 0 Å². The van der Waals surface area contributed by atoms with E-state index in [1.54, 1.807) is 0 Å². The van der Waals surface area contributed by atoms with Crippen LogP contribution in [0.1, 0.15) is 25.7 Å². The Hall–Kier alpha value is -1.06. The Kier molecular flexibility index (Phi) is 3.17. The molecule has 4 nitrogen and oxygen atoms in total. The Bertz CT molecular complexity index is 283. The Morgan fingerprint density at radius 1 is 1.06 bits per heavy atom. The second-order valence-electron chi connectivity index (χ2n) is 4.86. The van der Waals surface area contributed by atoms with Gasteiger partial charge in [-0.05, 0) is 37.0 Å². The predicted octanol–water partition coefficient (Wildman–Crippen LogP) is 1.38. The van der Waals surface area contributed by atoms with Crippen LogP contribution in [0.4, 0.5) is 0 Å². The minimum absolute atomic E-state index is 0.138. The van der Waals surface area contributed by atoms with E-state index in [0.29, 0.717) is 11.8 Å². The molecule has 2 fully saturated rings. The molecule has 2 saturated carbocycles. The fraction of sp³-hybridized carbons (Fsp3) is 0.833. The predicted molar refractivity (Wildman–Crippen MR) is 56.5 cm³/mol. The van der Waals surface area contributed by atoms with Gasteiger partial charge < -0.3 is 9.47 Å². The van der Waals surface area contributed by atoms with Crippen molar-refractivity contribution in [3.63, 3.8) is 0 Å². The standard InChI is InChI=1S/C12H18O4/c1-15-11(13)10(12(14)16-2)9-6-7-3-4-8(9)5-7/h7-10H,3-6H2,1-2H3/t7-,8+,9+/m1/s1. The van der Waals surface area contributed by atoms with E-state index < -0.39 is 17.9 Å². The van der Waals surface area contributed by atoms with Crippen molar-refractivity contribution in [3.8, 4) is 0 Å². The molecule has 2 bridgehead atoms. The maximum Gasteiger partial charge on any atom is 0.320 e. The van der Waals surface area contributed by atoms with E-state index in [4.69, 9.17) is 9.47 Å². The van der Waals surface area contributed by atoms with E-state index in [1.165, 1.54) is 20.6 Å². The zero-order valence-corrected chi connectivity index (χ0v) is 9.77. The largest absolute Gasteiger partial charge is 0.468 e. The van der Waals surface area contributed by atoms with Crippen LogP contribution >= 0.6 is 0 Å². The summed E-state index contributed by atoms with van der Waals surface area (Å²) in [6.07, 6.45) is 4.52. The Morgan fingerprint density at radius 3 is 2.06 bits per heavy atom. The van der Waals surface area contributed by atoms with E-state index in [-0.39, 0.29) is 5.92 Å². The van der Waals surface area contributed by atoms with Gasteiger partial charge >= 0.3 is 11.9 Å². The van der Waals surface area contributed by atoms with Crippen LogP contribution in [0.5, 0.6) is 0 Å². The molecule has 0 N–H and O–H groups in total. The molecule has 0 aromatic rings. The van der Waals surface area contributed by atoms with Crippen LogP contribution in [0, 0.1) is 23.7 Å². The number of rotatable bonds is 3. The molecule has 3 atom stereocenters. The smallest absolute Gasteiger partial charge is 0.320 e. The molecule has 2 aliphatic carbocycles. The van der Waals surface area contributed by atoms with Crippen LogP contribution in [0.15, 0.2) is 0 Å². The van der Waals surface area contributed by atoms with Gasteiger partial charge in [-0.25, -0.2) is 0 Å². The topological polar surface area (TPSA) is 52.6 Å². The maximum absolute atomic E-state index is 11.7. The summed E-state index contributed by atoms with van der Waals surface area (Å²) in [4.78, 5) is 23.3. The fourth-order valence-corrected chi connectivity index (χ4v) is 3.40. The molecule has 0 heterocycles. The lowest BCUT2D eigenvalue weighted by atomic mass is 9.79. The molecule has 0 aromatic carbocycles. The van der Waals surface area contributed by atoms with Crippen molar-refractivity contribution >= 4 is 11.9 Å². The summed E-state index contributed by atoms with van der Waals surface area (Å²) in [5.74, 6) is -0.238. The fourth-order valence-electron chi connectivity index (χ4n) is 3.40. The van der Waals surface area contributed by atoms with Crippen molar-refractivity contribution in [2.45, 2.75) is 25.7 Å². The van der Waals surface area contributed by atoms with Gasteiger partial charge in [0.15, 0.2) is 5.92 Å². The average Bonchev–Trinajstić information content (AvgIpc) is 2.90. The lowest BCUT2D eigenvalue weighted by Gasteiger charge is -2.26. The Labute approximate surface area is 95.3 Å². The molecule has 2 aliphatic rings. The van der Waals surface area contributed by atoms with Gasteiger partial charge in [-0.15, -0.1) is 0 Å². The van der Waals surface area contributed by atoms with Gasteiger partial charge in [0.1, 0.15) is 0 Å². The number of fused-ring (bicyclic) bond motifs is 2. The molecular formula is C12H18O4. The van der Waals surface area contributed by atoms with Gasteiger partial charge in [-0.1, -0.05) is 6.42 Å². The highest BCUT2D eigenvalue weighted by atomic mass is 16.5. The van der Waals surface area contributed by atoms with Gasteiger partial charge in [0.05, 0.1) is 14.2 Å². The monoisotopic (exact) mass is 226 g/mol. The van der Waals surface area contributed by atoms with Gasteiger partial charge in [-0.3, -0.25) is 9.59 Å². The molecule has 0 saturated heterocycles. The first-order valence-electron chi connectivity index (χ1n) is 5.83. The number of hydrogen-bond acceptors (Lipinski definition) is 4. The maximum atomic E-state index is 11.7. The van der Waals surface area contributed by atoms with E-state index >= 15 is 0 Å². The molecule has 0 amide bonds. The summed E-state index contributed by atoms with van der Waals surface area (Å²) in [5.41, 5.74) is 0. The zero-order chi connectivity index (χ0) is 11.7. The Balaban J connectivity index is 2.13. The first-order chi connectivity index (χ1) is 7.67. The van der Waals surface area contributed by atoms with Crippen molar-refractivity contribution < 1.29 is 19.1 Å². The van der Waals surface area contributed by atoms with Gasteiger partial charge in [0.2, 0.25) is 0 Å². The minimum Gasteiger partial charge on any atom is -0.468 e. The lowest BCUT2D eigenvalue weighted by molar-refractivity contribution is -0.162. The third-order valence-electron chi connectivity index (χ3n) is 4.13. The first kappa shape index (κ1) is 11.4. The zero-order valence-electron chi connectivity index (χ0n) is 9.77. The van der Waals surface area contributed by atoms with E-state index in [0.717, 1.165) is 19.3 Å². The van der Waals surface area contributed by atoms with Crippen molar-refractivity contribution in [3.05, 3.63) is 0 Å². The highest BCUT2D eigenvalue weighted by molar-refractivity contribution is 5.95. The number of ether oxygens (including phenoxy) is 2. The van der Waals surface area contributed by atoms with E-state index in [2.05, 4.69) is 0 Å². The summed E-state index contributed by atoms with van der Waals surface area (Å²) in [7, 11) is 2.65. The molecule has 16 heavy (non-hydrogen) atoms. The molecular weight excluding hydrogens is 208 g/mol. The van der Waals surface area contributed by atoms with Gasteiger partial charge in [0, 0.05) is 0 Å². The van der Waals surface area contributed by atoms with Crippen LogP contribution in [-0.2, 0) is 19.1 Å². The summed E-state index contributed by atoms with van der Waals surface area (Å²) in [5, 5.41) is 0. The second-order valence-corrected chi connectivity index (χ2v) is 4.86.